The fraction of sp³-hybridized carbons (Fsp3) is 0.193. The number of rotatable bonds is 20. The molecule has 10 heteroatoms. The summed E-state index contributed by atoms with van der Waals surface area (Å²) in [6, 6.07) is 60.1. The van der Waals surface area contributed by atoms with E-state index in [4.69, 9.17) is 33.2 Å². The van der Waals surface area contributed by atoms with Crippen molar-refractivity contribution in [2.24, 2.45) is 0 Å². The zero-order chi connectivity index (χ0) is 45.7. The van der Waals surface area contributed by atoms with Crippen LogP contribution in [-0.2, 0) is 63.3 Å². The molecule has 2 heterocycles. The molecule has 0 aromatic heterocycles. The maximum atomic E-state index is 14.0. The van der Waals surface area contributed by atoms with Gasteiger partial charge in [-0.2, -0.15) is 0 Å². The van der Waals surface area contributed by atoms with Gasteiger partial charge in [0.15, 0.2) is 23.0 Å². The molecular weight excluding hydrogens is 877 g/mol. The summed E-state index contributed by atoms with van der Waals surface area (Å²) in [6.45, 7) is 4.32. The van der Waals surface area contributed by atoms with Gasteiger partial charge in [0.25, 0.3) is 0 Å². The monoisotopic (exact) mass is 928 g/mol. The number of fused-ring (bicyclic) bond motifs is 1. The Morgan fingerprint density at radius 2 is 1.01 bits per heavy atom. The van der Waals surface area contributed by atoms with Crippen LogP contribution < -0.4 is 14.2 Å². The van der Waals surface area contributed by atoms with Gasteiger partial charge in [0.2, 0.25) is 10.7 Å². The molecule has 1 unspecified atom stereocenters. The minimum atomic E-state index is -1.91. The van der Waals surface area contributed by atoms with E-state index in [2.05, 4.69) is 13.0 Å². The lowest BCUT2D eigenvalue weighted by molar-refractivity contribution is 0.0374. The molecule has 0 fully saturated rings. The lowest BCUT2D eigenvalue weighted by Gasteiger charge is -2.38. The zero-order valence-electron chi connectivity index (χ0n) is 37.3. The molecule has 0 bridgehead atoms. The van der Waals surface area contributed by atoms with Crippen molar-refractivity contribution in [2.45, 2.75) is 51.3 Å². The van der Waals surface area contributed by atoms with Crippen LogP contribution >= 0.6 is 23.5 Å². The lowest BCUT2D eigenvalue weighted by Crippen LogP contribution is -2.32. The molecule has 1 atom stereocenters. The van der Waals surface area contributed by atoms with Gasteiger partial charge in [-0.15, -0.1) is 0 Å². The Kier molecular flexibility index (Phi) is 15.2. The van der Waals surface area contributed by atoms with Crippen LogP contribution in [0.5, 0.6) is 17.2 Å². The smallest absolute Gasteiger partial charge is 0.206 e. The fourth-order valence-corrected chi connectivity index (χ4v) is 10.1. The van der Waals surface area contributed by atoms with Crippen molar-refractivity contribution in [3.05, 3.63) is 254 Å². The molecule has 2 aliphatic rings. The second-order valence-corrected chi connectivity index (χ2v) is 18.5. The molecule has 8 nitrogen and oxygen atoms in total. The van der Waals surface area contributed by atoms with Crippen molar-refractivity contribution < 1.29 is 38.3 Å². The summed E-state index contributed by atoms with van der Waals surface area (Å²) < 4.78 is 46.4. The molecule has 0 saturated heterocycles. The second-order valence-electron chi connectivity index (χ2n) is 16.1. The van der Waals surface area contributed by atoms with Gasteiger partial charge < -0.3 is 38.3 Å². The first-order chi connectivity index (χ1) is 33.0. The highest BCUT2D eigenvalue weighted by atomic mass is 32.2. The van der Waals surface area contributed by atoms with Crippen LogP contribution in [0.25, 0.3) is 0 Å². The van der Waals surface area contributed by atoms with Crippen LogP contribution in [-0.4, -0.2) is 24.3 Å². The molecule has 67 heavy (non-hydrogen) atoms. The first-order valence-corrected chi connectivity index (χ1v) is 24.1. The standard InChI is InChI=1S/C57H52O8S2/c1-41-31-51(62-36-43-19-9-3-10-20-43)49(34-48(41)32-47-27-28-50-52(33-47)61-30-29-60-50)57(58)55(65-39-46-25-15-6-16-26-46)53(63-37-44-21-11-4-12-22-44)54(64-38-45-23-13-5-14-24-45)56(67-57)66-40-59-35-42-17-7-2-8-18-42/h2-28,31,33-34,58H,29-30,32,35-40H2,1H3. The predicted octanol–water partition coefficient (Wildman–Crippen LogP) is 12.8. The van der Waals surface area contributed by atoms with Crippen molar-refractivity contribution in [3.8, 4) is 17.2 Å². The van der Waals surface area contributed by atoms with Crippen LogP contribution in [0.15, 0.2) is 204 Å². The molecule has 0 radical (unpaired) electrons. The highest BCUT2D eigenvalue weighted by Crippen LogP contribution is 2.58. The first kappa shape index (κ1) is 45.6. The average Bonchev–Trinajstić information content (AvgIpc) is 3.38. The highest BCUT2D eigenvalue weighted by Gasteiger charge is 2.49. The van der Waals surface area contributed by atoms with E-state index in [9.17, 15) is 5.11 Å². The maximum Gasteiger partial charge on any atom is 0.206 e. The molecule has 0 saturated carbocycles. The summed E-state index contributed by atoms with van der Waals surface area (Å²) in [5.74, 6) is 3.13. The van der Waals surface area contributed by atoms with Gasteiger partial charge >= 0.3 is 0 Å². The van der Waals surface area contributed by atoms with Crippen LogP contribution in [0.3, 0.4) is 0 Å². The van der Waals surface area contributed by atoms with E-state index in [1.54, 1.807) is 0 Å². The molecule has 7 aromatic carbocycles. The molecule has 0 aliphatic carbocycles. The van der Waals surface area contributed by atoms with Gasteiger partial charge in [-0.05, 0) is 82.1 Å². The minimum Gasteiger partial charge on any atom is -0.488 e. The predicted molar refractivity (Wildman–Crippen MR) is 265 cm³/mol. The lowest BCUT2D eigenvalue weighted by atomic mass is 9.94. The van der Waals surface area contributed by atoms with E-state index in [1.807, 2.05) is 176 Å². The molecule has 7 aromatic rings. The first-order valence-electron chi connectivity index (χ1n) is 22.3. The van der Waals surface area contributed by atoms with Crippen molar-refractivity contribution in [2.75, 3.05) is 19.2 Å². The summed E-state index contributed by atoms with van der Waals surface area (Å²) >= 11 is 2.67. The molecule has 0 amide bonds. The van der Waals surface area contributed by atoms with Crippen LogP contribution in [0, 0.1) is 6.92 Å². The number of thioether (sulfide) groups is 2. The Balaban J connectivity index is 1.19. The SMILES string of the molecule is Cc1cc(OCc2ccccc2)c(C2(O)SC(SCOCc3ccccc3)=C(OCc3ccccc3)C(OCc3ccccc3)=C2OCc2ccccc2)cc1Cc1ccc2c(c1)OCCO2. The van der Waals surface area contributed by atoms with Gasteiger partial charge in [-0.3, -0.25) is 0 Å². The molecule has 0 spiro atoms. The summed E-state index contributed by atoms with van der Waals surface area (Å²) in [4.78, 5) is -1.91. The Morgan fingerprint density at radius 1 is 0.522 bits per heavy atom. The topological polar surface area (TPSA) is 84.8 Å². The van der Waals surface area contributed by atoms with Gasteiger partial charge in [0.05, 0.1) is 16.8 Å². The number of aliphatic hydroxyl groups is 1. The normalized spacial score (nSPS) is 15.6. The van der Waals surface area contributed by atoms with E-state index in [1.165, 1.54) is 23.5 Å². The molecule has 340 valence electrons. The summed E-state index contributed by atoms with van der Waals surface area (Å²) in [6.07, 6.45) is 0.548. The summed E-state index contributed by atoms with van der Waals surface area (Å²) in [5.41, 5.74) is 8.38. The zero-order valence-corrected chi connectivity index (χ0v) is 38.9. The van der Waals surface area contributed by atoms with Crippen LogP contribution in [0.1, 0.15) is 50.1 Å². The van der Waals surface area contributed by atoms with Gasteiger partial charge in [-0.1, -0.05) is 181 Å². The Labute approximate surface area is 401 Å². The van der Waals surface area contributed by atoms with Crippen molar-refractivity contribution >= 4 is 23.5 Å². The number of hydrogen-bond donors (Lipinski definition) is 1. The maximum absolute atomic E-state index is 14.0. The quantitative estimate of drug-likeness (QED) is 0.0589. The Morgan fingerprint density at radius 3 is 1.58 bits per heavy atom. The average molecular weight is 929 g/mol. The van der Waals surface area contributed by atoms with Gasteiger partial charge in [0, 0.05) is 5.56 Å². The van der Waals surface area contributed by atoms with Crippen LogP contribution in [0.4, 0.5) is 0 Å². The van der Waals surface area contributed by atoms with E-state index < -0.39 is 4.93 Å². The van der Waals surface area contributed by atoms with E-state index in [-0.39, 0.29) is 43.9 Å². The minimum absolute atomic E-state index is 0.141. The summed E-state index contributed by atoms with van der Waals surface area (Å²) in [5, 5.41) is 14.0. The van der Waals surface area contributed by atoms with E-state index >= 15 is 0 Å². The number of hydrogen-bond acceptors (Lipinski definition) is 10. The van der Waals surface area contributed by atoms with E-state index in [0.29, 0.717) is 47.6 Å². The van der Waals surface area contributed by atoms with Gasteiger partial charge in [0.1, 0.15) is 45.4 Å². The molecule has 9 rings (SSSR count). The Hall–Kier alpha value is -6.56. The van der Waals surface area contributed by atoms with Crippen LogP contribution in [0.2, 0.25) is 0 Å². The van der Waals surface area contributed by atoms with Crippen molar-refractivity contribution in [1.82, 2.24) is 0 Å². The number of aryl methyl sites for hydroxylation is 1. The van der Waals surface area contributed by atoms with Gasteiger partial charge in [-0.25, -0.2) is 0 Å². The molecule has 1 N–H and O–H groups in total. The number of ether oxygens (including phenoxy) is 7. The van der Waals surface area contributed by atoms with E-state index in [0.717, 1.165) is 56.0 Å². The third-order valence-electron chi connectivity index (χ3n) is 11.3. The highest BCUT2D eigenvalue weighted by molar-refractivity contribution is 8.22. The summed E-state index contributed by atoms with van der Waals surface area (Å²) in [7, 11) is 0. The Bertz CT molecular complexity index is 2770. The van der Waals surface area contributed by atoms with Crippen molar-refractivity contribution in [3.63, 3.8) is 0 Å². The number of benzene rings is 7. The third kappa shape index (κ3) is 11.7. The second kappa shape index (κ2) is 22.3. The molecule has 2 aliphatic heterocycles. The molecular formula is C57H52O8S2. The largest absolute Gasteiger partial charge is 0.488 e. The third-order valence-corrected chi connectivity index (χ3v) is 13.7. The van der Waals surface area contributed by atoms with Crippen molar-refractivity contribution in [1.29, 1.82) is 0 Å². The fourth-order valence-electron chi connectivity index (χ4n) is 7.74.